The van der Waals surface area contributed by atoms with Gasteiger partial charge in [-0.2, -0.15) is 0 Å². The maximum atomic E-state index is 5.00. The summed E-state index contributed by atoms with van der Waals surface area (Å²) in [6.07, 6.45) is 3.65. The number of rotatable bonds is 1. The van der Waals surface area contributed by atoms with E-state index in [9.17, 15) is 0 Å². The van der Waals surface area contributed by atoms with Gasteiger partial charge in [0.2, 0.25) is 0 Å². The Hall–Kier alpha value is 0.202. The van der Waals surface area contributed by atoms with Crippen LogP contribution < -0.4 is 3.12 Å². The second-order valence-corrected chi connectivity index (χ2v) is 23.0. The van der Waals surface area contributed by atoms with Crippen LogP contribution in [-0.4, -0.2) is 21.2 Å². The Morgan fingerprint density at radius 2 is 2.00 bits per heavy atom. The summed E-state index contributed by atoms with van der Waals surface area (Å²) in [4.78, 5) is 0. The summed E-state index contributed by atoms with van der Waals surface area (Å²) in [6.45, 7) is 0. The molecule has 0 aliphatic heterocycles. The Morgan fingerprint density at radius 1 is 1.33 bits per heavy atom. The van der Waals surface area contributed by atoms with Crippen molar-refractivity contribution in [2.45, 2.75) is 13.4 Å². The van der Waals surface area contributed by atoms with E-state index in [1.165, 1.54) is 3.12 Å². The molecule has 0 fully saturated rings. The second kappa shape index (κ2) is 2.44. The first-order valence-corrected chi connectivity index (χ1v) is 16.7. The summed E-state index contributed by atoms with van der Waals surface area (Å²) in [7, 11) is 0. The molecular formula is C7H12OPb. The van der Waals surface area contributed by atoms with Crippen molar-refractivity contribution in [1.29, 1.82) is 0 Å². The molecular weight excluding hydrogens is 307 g/mol. The van der Waals surface area contributed by atoms with Gasteiger partial charge in [0.05, 0.1) is 0 Å². The SMILES string of the molecule is [CH3][Pb]([CH3])([CH3])[c]1ccoc1. The van der Waals surface area contributed by atoms with Gasteiger partial charge in [0.1, 0.15) is 0 Å². The van der Waals surface area contributed by atoms with Crippen molar-refractivity contribution >= 4 is 24.3 Å². The molecule has 0 amide bonds. The molecule has 9 heavy (non-hydrogen) atoms. The van der Waals surface area contributed by atoms with Gasteiger partial charge < -0.3 is 0 Å². The van der Waals surface area contributed by atoms with Crippen molar-refractivity contribution in [2.24, 2.45) is 0 Å². The molecule has 1 aromatic rings. The van der Waals surface area contributed by atoms with Gasteiger partial charge in [-0.15, -0.1) is 0 Å². The average Bonchev–Trinajstić information content (AvgIpc) is 2.08. The van der Waals surface area contributed by atoms with Gasteiger partial charge in [0, 0.05) is 0 Å². The minimum atomic E-state index is -1.86. The van der Waals surface area contributed by atoms with Crippen LogP contribution in [0.4, 0.5) is 0 Å². The van der Waals surface area contributed by atoms with Gasteiger partial charge in [0.15, 0.2) is 0 Å². The number of furan rings is 1. The zero-order chi connectivity index (χ0) is 6.91. The molecule has 0 atom stereocenters. The molecule has 0 aliphatic carbocycles. The molecule has 0 bridgehead atoms. The first-order valence-electron chi connectivity index (χ1n) is 3.13. The first kappa shape index (κ1) is 7.31. The standard InChI is InChI=1S/C4H3O.3CH3.Pb/c1-2-4-5-3-1;;;;/h1,3-4H;3*1H3;. The Balaban J connectivity index is 2.90. The van der Waals surface area contributed by atoms with Crippen LogP contribution in [0.3, 0.4) is 0 Å². The average molecular weight is 319 g/mol. The summed E-state index contributed by atoms with van der Waals surface area (Å²) in [5, 5.41) is 0. The molecule has 0 aromatic carbocycles. The van der Waals surface area contributed by atoms with E-state index in [0.29, 0.717) is 0 Å². The summed E-state index contributed by atoms with van der Waals surface area (Å²) in [5.41, 5.74) is 0. The predicted octanol–water partition coefficient (Wildman–Crippen LogP) is 1.82. The first-order chi connectivity index (χ1) is 4.11. The van der Waals surface area contributed by atoms with Gasteiger partial charge in [0.25, 0.3) is 0 Å². The molecule has 50 valence electrons. The summed E-state index contributed by atoms with van der Waals surface area (Å²) >= 11 is -1.86. The van der Waals surface area contributed by atoms with Gasteiger partial charge in [-0.05, 0) is 0 Å². The van der Waals surface area contributed by atoms with Crippen molar-refractivity contribution in [3.8, 4) is 0 Å². The van der Waals surface area contributed by atoms with Crippen molar-refractivity contribution < 1.29 is 4.42 Å². The molecule has 2 heteroatoms. The summed E-state index contributed by atoms with van der Waals surface area (Å²) in [6, 6.07) is 2.10. The van der Waals surface area contributed by atoms with E-state index < -0.39 is 21.2 Å². The Morgan fingerprint density at radius 3 is 2.22 bits per heavy atom. The van der Waals surface area contributed by atoms with Gasteiger partial charge in [-0.3, -0.25) is 0 Å². The fraction of sp³-hybridized carbons (Fsp3) is 0.429. The van der Waals surface area contributed by atoms with Crippen LogP contribution in [-0.2, 0) is 0 Å². The van der Waals surface area contributed by atoms with Crippen LogP contribution in [0.25, 0.3) is 0 Å². The topological polar surface area (TPSA) is 13.1 Å². The zero-order valence-corrected chi connectivity index (χ0v) is 10.0. The van der Waals surface area contributed by atoms with E-state index in [0.717, 1.165) is 0 Å². The predicted molar refractivity (Wildman–Crippen MR) is 41.7 cm³/mol. The van der Waals surface area contributed by atoms with E-state index in [1.54, 1.807) is 6.26 Å². The fourth-order valence-corrected chi connectivity index (χ4v) is 4.54. The van der Waals surface area contributed by atoms with Crippen molar-refractivity contribution in [2.75, 3.05) is 0 Å². The summed E-state index contributed by atoms with van der Waals surface area (Å²) < 4.78 is 13.6. The third kappa shape index (κ3) is 1.81. The molecule has 0 saturated heterocycles. The van der Waals surface area contributed by atoms with Crippen molar-refractivity contribution in [3.05, 3.63) is 18.6 Å². The number of hydrogen-bond donors (Lipinski definition) is 0. The molecule has 1 aromatic heterocycles. The van der Waals surface area contributed by atoms with Crippen LogP contribution >= 0.6 is 0 Å². The van der Waals surface area contributed by atoms with Crippen LogP contribution in [0.15, 0.2) is 23.0 Å². The van der Waals surface area contributed by atoms with E-state index in [-0.39, 0.29) is 0 Å². The number of hydrogen-bond acceptors (Lipinski definition) is 1. The molecule has 0 aliphatic rings. The molecule has 0 unspecified atom stereocenters. The Bertz CT molecular complexity index is 171. The fourth-order valence-electron chi connectivity index (χ4n) is 0.691. The Kier molecular flexibility index (Phi) is 1.98. The van der Waals surface area contributed by atoms with Crippen molar-refractivity contribution in [3.63, 3.8) is 0 Å². The van der Waals surface area contributed by atoms with E-state index in [2.05, 4.69) is 19.5 Å². The van der Waals surface area contributed by atoms with Crippen LogP contribution in [0.5, 0.6) is 0 Å². The molecule has 0 spiro atoms. The van der Waals surface area contributed by atoms with E-state index in [4.69, 9.17) is 4.42 Å². The van der Waals surface area contributed by atoms with Crippen LogP contribution in [0.2, 0.25) is 13.4 Å². The van der Waals surface area contributed by atoms with Crippen LogP contribution in [0.1, 0.15) is 0 Å². The van der Waals surface area contributed by atoms with Gasteiger partial charge in [-0.25, -0.2) is 0 Å². The van der Waals surface area contributed by atoms with E-state index in [1.807, 2.05) is 6.26 Å². The minimum absolute atomic E-state index is 1.47. The summed E-state index contributed by atoms with van der Waals surface area (Å²) in [5.74, 6) is 0. The van der Waals surface area contributed by atoms with Crippen molar-refractivity contribution in [1.82, 2.24) is 0 Å². The quantitative estimate of drug-likeness (QED) is 0.720. The maximum absolute atomic E-state index is 5.00. The molecule has 1 heterocycles. The monoisotopic (exact) mass is 320 g/mol. The van der Waals surface area contributed by atoms with E-state index >= 15 is 0 Å². The molecule has 1 nitrogen and oxygen atoms in total. The van der Waals surface area contributed by atoms with Gasteiger partial charge in [-0.1, -0.05) is 0 Å². The zero-order valence-electron chi connectivity index (χ0n) is 6.14. The third-order valence-electron chi connectivity index (χ3n) is 1.39. The Labute approximate surface area is 60.7 Å². The second-order valence-electron chi connectivity index (χ2n) is 3.26. The normalized spacial score (nSPS) is 11.9. The molecule has 0 N–H and O–H groups in total. The molecule has 1 rings (SSSR count). The van der Waals surface area contributed by atoms with Gasteiger partial charge >= 0.3 is 60.8 Å². The molecule has 0 saturated carbocycles. The molecule has 0 radical (unpaired) electrons. The van der Waals surface area contributed by atoms with Crippen LogP contribution in [0, 0.1) is 0 Å². The third-order valence-corrected chi connectivity index (χ3v) is 9.23.